The number of anilines is 1. The summed E-state index contributed by atoms with van der Waals surface area (Å²) in [7, 11) is 0. The van der Waals surface area contributed by atoms with E-state index < -0.39 is 4.92 Å². The van der Waals surface area contributed by atoms with Gasteiger partial charge in [-0.1, -0.05) is 5.16 Å². The first-order valence-electron chi connectivity index (χ1n) is 5.59. The van der Waals surface area contributed by atoms with Crippen molar-refractivity contribution in [3.63, 3.8) is 0 Å². The smallest absolute Gasteiger partial charge is 0.312 e. The zero-order valence-electron chi connectivity index (χ0n) is 9.94. The zero-order chi connectivity index (χ0) is 13.8. The number of oxime groups is 1. The number of aromatic nitrogens is 1. The van der Waals surface area contributed by atoms with Gasteiger partial charge < -0.3 is 21.0 Å². The van der Waals surface area contributed by atoms with Gasteiger partial charge in [0.1, 0.15) is 0 Å². The van der Waals surface area contributed by atoms with Gasteiger partial charge in [0.2, 0.25) is 5.82 Å². The molecule has 1 aromatic heterocycles. The van der Waals surface area contributed by atoms with Crippen LogP contribution >= 0.6 is 0 Å². The van der Waals surface area contributed by atoms with Crippen LogP contribution < -0.4 is 11.1 Å². The quantitative estimate of drug-likeness (QED) is 0.229. The first-order chi connectivity index (χ1) is 9.11. The van der Waals surface area contributed by atoms with E-state index >= 15 is 0 Å². The van der Waals surface area contributed by atoms with Crippen LogP contribution in [0.15, 0.2) is 17.4 Å². The van der Waals surface area contributed by atoms with Gasteiger partial charge in [-0.3, -0.25) is 10.1 Å². The molecule has 1 fully saturated rings. The molecule has 1 unspecified atom stereocenters. The molecule has 1 aliphatic rings. The Labute approximate surface area is 108 Å². The highest BCUT2D eigenvalue weighted by molar-refractivity contribution is 5.97. The minimum absolute atomic E-state index is 0.0603. The van der Waals surface area contributed by atoms with Crippen LogP contribution in [0.5, 0.6) is 0 Å². The second kappa shape index (κ2) is 5.48. The van der Waals surface area contributed by atoms with Crippen molar-refractivity contribution >= 4 is 17.3 Å². The molecule has 0 spiro atoms. The summed E-state index contributed by atoms with van der Waals surface area (Å²) >= 11 is 0. The third kappa shape index (κ3) is 2.88. The number of hydrogen-bond donors (Lipinski definition) is 3. The van der Waals surface area contributed by atoms with Crippen LogP contribution in [0.2, 0.25) is 0 Å². The Balaban J connectivity index is 2.19. The second-order valence-corrected chi connectivity index (χ2v) is 4.00. The first kappa shape index (κ1) is 13.0. The topological polar surface area (TPSA) is 136 Å². The maximum Gasteiger partial charge on any atom is 0.312 e. The summed E-state index contributed by atoms with van der Waals surface area (Å²) in [5, 5.41) is 25.1. The Hall–Kier alpha value is -2.42. The van der Waals surface area contributed by atoms with Gasteiger partial charge in [-0.25, -0.2) is 4.98 Å². The second-order valence-electron chi connectivity index (χ2n) is 4.00. The van der Waals surface area contributed by atoms with E-state index in [2.05, 4.69) is 15.5 Å². The third-order valence-corrected chi connectivity index (χ3v) is 2.76. The molecule has 0 amide bonds. The fraction of sp³-hybridized carbons (Fsp3) is 0.400. The zero-order valence-corrected chi connectivity index (χ0v) is 9.94. The summed E-state index contributed by atoms with van der Waals surface area (Å²) in [4.78, 5) is 14.3. The van der Waals surface area contributed by atoms with E-state index in [1.807, 2.05) is 0 Å². The predicted molar refractivity (Wildman–Crippen MR) is 66.2 cm³/mol. The first-order valence-corrected chi connectivity index (χ1v) is 5.59. The van der Waals surface area contributed by atoms with Gasteiger partial charge in [-0.05, 0) is 6.42 Å². The summed E-state index contributed by atoms with van der Waals surface area (Å²) in [6.07, 6.45) is 2.28. The summed E-state index contributed by atoms with van der Waals surface area (Å²) in [5.41, 5.74) is 5.31. The van der Waals surface area contributed by atoms with Crippen LogP contribution in [0, 0.1) is 10.1 Å². The number of nitrogens with one attached hydrogen (secondary N) is 1. The van der Waals surface area contributed by atoms with Gasteiger partial charge in [0.15, 0.2) is 5.84 Å². The highest BCUT2D eigenvalue weighted by Gasteiger charge is 2.21. The fourth-order valence-corrected chi connectivity index (χ4v) is 1.58. The van der Waals surface area contributed by atoms with Crippen molar-refractivity contribution in [1.82, 2.24) is 4.98 Å². The standard InChI is InChI=1S/C10H13N5O4/c11-9(14-16)6-3-8(15(17)18)10(12-4-6)13-5-7-1-2-19-7/h3-4,7,16H,1-2,5H2,(H2,11,14)(H,12,13). The molecule has 0 aromatic carbocycles. The molecule has 9 nitrogen and oxygen atoms in total. The van der Waals surface area contributed by atoms with Gasteiger partial charge in [0.05, 0.1) is 11.0 Å². The minimum Gasteiger partial charge on any atom is -0.409 e. The number of nitrogens with two attached hydrogens (primary N) is 1. The Morgan fingerprint density at radius 3 is 3.05 bits per heavy atom. The van der Waals surface area contributed by atoms with Crippen LogP contribution in [0.3, 0.4) is 0 Å². The van der Waals surface area contributed by atoms with Crippen LogP contribution in [0.4, 0.5) is 11.5 Å². The molecule has 19 heavy (non-hydrogen) atoms. The molecule has 2 rings (SSSR count). The lowest BCUT2D eigenvalue weighted by Crippen LogP contribution is -2.33. The van der Waals surface area contributed by atoms with Gasteiger partial charge in [-0.15, -0.1) is 0 Å². The van der Waals surface area contributed by atoms with Crippen molar-refractivity contribution < 1.29 is 14.9 Å². The predicted octanol–water partition coefficient (Wildman–Crippen LogP) is 0.285. The van der Waals surface area contributed by atoms with E-state index in [1.54, 1.807) is 0 Å². The highest BCUT2D eigenvalue weighted by Crippen LogP contribution is 2.23. The number of hydrogen-bond acceptors (Lipinski definition) is 7. The number of rotatable bonds is 5. The highest BCUT2D eigenvalue weighted by atomic mass is 16.6. The van der Waals surface area contributed by atoms with Gasteiger partial charge in [0, 0.05) is 31.0 Å². The van der Waals surface area contributed by atoms with Crippen LogP contribution in [0.25, 0.3) is 0 Å². The van der Waals surface area contributed by atoms with Gasteiger partial charge in [-0.2, -0.15) is 0 Å². The molecule has 1 atom stereocenters. The summed E-state index contributed by atoms with van der Waals surface area (Å²) in [6.45, 7) is 1.17. The van der Waals surface area contributed by atoms with E-state index in [4.69, 9.17) is 15.7 Å². The summed E-state index contributed by atoms with van der Waals surface area (Å²) in [5.74, 6) is -0.0977. The molecule has 0 aliphatic carbocycles. The van der Waals surface area contributed by atoms with E-state index in [9.17, 15) is 10.1 Å². The van der Waals surface area contributed by atoms with E-state index in [-0.39, 0.29) is 29.0 Å². The Bertz CT molecular complexity index is 515. The molecule has 1 aromatic rings. The van der Waals surface area contributed by atoms with Crippen molar-refractivity contribution in [2.75, 3.05) is 18.5 Å². The molecule has 1 aliphatic heterocycles. The normalized spacial score (nSPS) is 18.7. The maximum atomic E-state index is 11.0. The number of nitro groups is 1. The van der Waals surface area contributed by atoms with Gasteiger partial charge in [0.25, 0.3) is 0 Å². The largest absolute Gasteiger partial charge is 0.409 e. The lowest BCUT2D eigenvalue weighted by molar-refractivity contribution is -0.384. The minimum atomic E-state index is -0.578. The Morgan fingerprint density at radius 1 is 1.79 bits per heavy atom. The number of ether oxygens (including phenoxy) is 1. The Morgan fingerprint density at radius 2 is 2.53 bits per heavy atom. The molecule has 1 saturated heterocycles. The van der Waals surface area contributed by atoms with Crippen molar-refractivity contribution in [1.29, 1.82) is 0 Å². The lowest BCUT2D eigenvalue weighted by atomic mass is 10.2. The van der Waals surface area contributed by atoms with Crippen molar-refractivity contribution in [2.24, 2.45) is 10.9 Å². The van der Waals surface area contributed by atoms with E-state index in [0.29, 0.717) is 13.2 Å². The molecule has 4 N–H and O–H groups in total. The monoisotopic (exact) mass is 267 g/mol. The molecule has 102 valence electrons. The molecular weight excluding hydrogens is 254 g/mol. The third-order valence-electron chi connectivity index (χ3n) is 2.76. The lowest BCUT2D eigenvalue weighted by Gasteiger charge is -2.26. The molecular formula is C10H13N5O4. The van der Waals surface area contributed by atoms with Crippen molar-refractivity contribution in [3.8, 4) is 0 Å². The molecule has 0 bridgehead atoms. The Kier molecular flexibility index (Phi) is 3.76. The average molecular weight is 267 g/mol. The molecule has 0 saturated carbocycles. The van der Waals surface area contributed by atoms with Crippen LogP contribution in [0.1, 0.15) is 12.0 Å². The molecule has 0 radical (unpaired) electrons. The van der Waals surface area contributed by atoms with Crippen molar-refractivity contribution in [3.05, 3.63) is 27.9 Å². The van der Waals surface area contributed by atoms with Crippen molar-refractivity contribution in [2.45, 2.75) is 12.5 Å². The SMILES string of the molecule is NC(=NO)c1cnc(NCC2CCO2)c([N+](=O)[O-])c1. The van der Waals surface area contributed by atoms with Crippen LogP contribution in [-0.2, 0) is 4.74 Å². The molecule has 9 heteroatoms. The average Bonchev–Trinajstić information content (AvgIpc) is 2.36. The van der Waals surface area contributed by atoms with E-state index in [1.165, 1.54) is 12.3 Å². The maximum absolute atomic E-state index is 11.0. The number of amidine groups is 1. The number of nitrogens with zero attached hydrogens (tertiary/aromatic N) is 3. The number of pyridine rings is 1. The summed E-state index contributed by atoms with van der Waals surface area (Å²) < 4.78 is 5.20. The van der Waals surface area contributed by atoms with Crippen LogP contribution in [-0.4, -0.2) is 40.2 Å². The molecule has 2 heterocycles. The van der Waals surface area contributed by atoms with Gasteiger partial charge >= 0.3 is 5.69 Å². The van der Waals surface area contributed by atoms with E-state index in [0.717, 1.165) is 6.42 Å². The summed E-state index contributed by atoms with van der Waals surface area (Å²) in [6, 6.07) is 1.20. The fourth-order valence-electron chi connectivity index (χ4n) is 1.58.